The molecule has 0 atom stereocenters. The Morgan fingerprint density at radius 1 is 1.44 bits per heavy atom. The van der Waals surface area contributed by atoms with Gasteiger partial charge in [0.1, 0.15) is 0 Å². The van der Waals surface area contributed by atoms with Crippen molar-refractivity contribution >= 4 is 11.9 Å². The molecular formula is C10H15N2NaO3. The molecule has 0 rings (SSSR count). The topological polar surface area (TPSA) is 84.8 Å². The summed E-state index contributed by atoms with van der Waals surface area (Å²) >= 11 is 0. The van der Waals surface area contributed by atoms with Crippen molar-refractivity contribution in [2.75, 3.05) is 19.6 Å². The minimum Gasteiger partial charge on any atom is -0.859 e. The molecule has 84 valence electrons. The van der Waals surface area contributed by atoms with Crippen LogP contribution in [0, 0.1) is 0 Å². The van der Waals surface area contributed by atoms with E-state index < -0.39 is 11.9 Å². The molecule has 0 fully saturated rings. The second-order valence-electron chi connectivity index (χ2n) is 2.72. The van der Waals surface area contributed by atoms with Crippen LogP contribution in [0.3, 0.4) is 0 Å². The van der Waals surface area contributed by atoms with Crippen molar-refractivity contribution in [2.45, 2.75) is 6.42 Å². The summed E-state index contributed by atoms with van der Waals surface area (Å²) in [6.07, 6.45) is 4.38. The third-order valence-electron chi connectivity index (χ3n) is 1.45. The van der Waals surface area contributed by atoms with Crippen molar-refractivity contribution in [1.29, 1.82) is 0 Å². The SMILES string of the molecule is C=CCCNCCN=C([O-])/C=C/C(=O)O.[Na+]. The van der Waals surface area contributed by atoms with Crippen LogP contribution < -0.4 is 40.0 Å². The second kappa shape index (κ2) is 12.4. The number of carbonyl (C=O) groups is 1. The van der Waals surface area contributed by atoms with Crippen molar-refractivity contribution in [3.05, 3.63) is 24.8 Å². The average molecular weight is 234 g/mol. The molecule has 0 aliphatic heterocycles. The zero-order valence-electron chi connectivity index (χ0n) is 9.48. The molecule has 2 N–H and O–H groups in total. The predicted octanol–water partition coefficient (Wildman–Crippen LogP) is -3.44. The number of aliphatic imine (C=N–C) groups is 1. The van der Waals surface area contributed by atoms with E-state index in [0.717, 1.165) is 25.1 Å². The molecule has 0 saturated heterocycles. The van der Waals surface area contributed by atoms with Gasteiger partial charge in [0.2, 0.25) is 0 Å². The van der Waals surface area contributed by atoms with Crippen LogP contribution in [-0.4, -0.2) is 36.6 Å². The molecule has 0 aromatic carbocycles. The fourth-order valence-electron chi connectivity index (χ4n) is 0.770. The van der Waals surface area contributed by atoms with E-state index in [4.69, 9.17) is 5.11 Å². The van der Waals surface area contributed by atoms with Crippen molar-refractivity contribution < 1.29 is 44.6 Å². The van der Waals surface area contributed by atoms with Crippen molar-refractivity contribution in [1.82, 2.24) is 5.32 Å². The standard InChI is InChI=1S/C10H16N2O3.Na/c1-2-3-6-11-7-8-12-9(13)4-5-10(14)15;/h2,4-5,11H,1,3,6-8H2,(H,12,13)(H,14,15);/q;+1/p-1/b5-4+;. The average Bonchev–Trinajstić information content (AvgIpc) is 2.20. The fraction of sp³-hybridized carbons (Fsp3) is 0.400. The number of aliphatic carboxylic acids is 1. The molecule has 0 unspecified atom stereocenters. The van der Waals surface area contributed by atoms with Gasteiger partial charge >= 0.3 is 35.5 Å². The maximum atomic E-state index is 10.9. The predicted molar refractivity (Wildman–Crippen MR) is 56.8 cm³/mol. The fourth-order valence-corrected chi connectivity index (χ4v) is 0.770. The molecule has 16 heavy (non-hydrogen) atoms. The number of nitrogens with zero attached hydrogens (tertiary/aromatic N) is 1. The van der Waals surface area contributed by atoms with Gasteiger partial charge in [-0.1, -0.05) is 6.08 Å². The number of carboxylic acids is 1. The van der Waals surface area contributed by atoms with Crippen molar-refractivity contribution in [3.63, 3.8) is 0 Å². The first kappa shape index (κ1) is 17.8. The first-order valence-electron chi connectivity index (χ1n) is 4.61. The molecule has 0 radical (unpaired) electrons. The van der Waals surface area contributed by atoms with Crippen molar-refractivity contribution in [2.24, 2.45) is 4.99 Å². The van der Waals surface area contributed by atoms with Gasteiger partial charge in [0.15, 0.2) is 0 Å². The van der Waals surface area contributed by atoms with Crippen molar-refractivity contribution in [3.8, 4) is 0 Å². The first-order chi connectivity index (χ1) is 7.16. The van der Waals surface area contributed by atoms with E-state index in [9.17, 15) is 9.90 Å². The van der Waals surface area contributed by atoms with Crippen LogP contribution in [0.25, 0.3) is 0 Å². The maximum absolute atomic E-state index is 10.9. The van der Waals surface area contributed by atoms with E-state index in [0.29, 0.717) is 13.1 Å². The Morgan fingerprint density at radius 2 is 2.12 bits per heavy atom. The van der Waals surface area contributed by atoms with Gasteiger partial charge in [-0.3, -0.25) is 4.99 Å². The van der Waals surface area contributed by atoms with Gasteiger partial charge in [0.25, 0.3) is 0 Å². The van der Waals surface area contributed by atoms with Gasteiger partial charge in [0, 0.05) is 12.6 Å². The van der Waals surface area contributed by atoms with E-state index in [-0.39, 0.29) is 29.6 Å². The number of nitrogens with one attached hydrogen (secondary N) is 1. The molecule has 0 spiro atoms. The third-order valence-corrected chi connectivity index (χ3v) is 1.45. The molecule has 0 saturated carbocycles. The van der Waals surface area contributed by atoms with E-state index in [1.807, 2.05) is 0 Å². The Morgan fingerprint density at radius 3 is 2.69 bits per heavy atom. The van der Waals surface area contributed by atoms with Gasteiger partial charge in [0.05, 0.1) is 6.54 Å². The minimum absolute atomic E-state index is 0. The van der Waals surface area contributed by atoms with E-state index in [1.54, 1.807) is 6.08 Å². The smallest absolute Gasteiger partial charge is 0.859 e. The number of hydrogen-bond acceptors (Lipinski definition) is 4. The van der Waals surface area contributed by atoms with E-state index in [2.05, 4.69) is 16.9 Å². The van der Waals surface area contributed by atoms with Gasteiger partial charge < -0.3 is 15.5 Å². The molecule has 0 aliphatic rings. The van der Waals surface area contributed by atoms with E-state index >= 15 is 0 Å². The molecule has 0 aromatic rings. The van der Waals surface area contributed by atoms with Crippen LogP contribution in [0.2, 0.25) is 0 Å². The molecular weight excluding hydrogens is 219 g/mol. The normalized spacial score (nSPS) is 11.1. The van der Waals surface area contributed by atoms with Crippen LogP contribution >= 0.6 is 0 Å². The van der Waals surface area contributed by atoms with E-state index in [1.165, 1.54) is 0 Å². The quantitative estimate of drug-likeness (QED) is 0.114. The van der Waals surface area contributed by atoms with Crippen LogP contribution in [0.15, 0.2) is 29.8 Å². The molecule has 0 aromatic heterocycles. The third kappa shape index (κ3) is 13.4. The zero-order chi connectivity index (χ0) is 11.5. The molecule has 0 aliphatic carbocycles. The van der Waals surface area contributed by atoms with Gasteiger partial charge in [-0.2, -0.15) is 0 Å². The van der Waals surface area contributed by atoms with Crippen LogP contribution in [0.4, 0.5) is 0 Å². The summed E-state index contributed by atoms with van der Waals surface area (Å²) in [4.78, 5) is 13.7. The Bertz CT molecular complexity index is 265. The summed E-state index contributed by atoms with van der Waals surface area (Å²) in [6.45, 7) is 5.31. The summed E-state index contributed by atoms with van der Waals surface area (Å²) in [6, 6.07) is 0. The summed E-state index contributed by atoms with van der Waals surface area (Å²) in [5.41, 5.74) is 0. The zero-order valence-corrected chi connectivity index (χ0v) is 11.5. The molecule has 5 nitrogen and oxygen atoms in total. The Hall–Kier alpha value is -0.620. The Labute approximate surface area is 117 Å². The molecule has 6 heteroatoms. The summed E-state index contributed by atoms with van der Waals surface area (Å²) in [5.74, 6) is -1.68. The summed E-state index contributed by atoms with van der Waals surface area (Å²) < 4.78 is 0. The molecule has 0 bridgehead atoms. The van der Waals surface area contributed by atoms with Gasteiger partial charge in [-0.05, 0) is 24.9 Å². The molecule has 0 amide bonds. The Kier molecular flexibility index (Phi) is 13.8. The number of rotatable bonds is 8. The Balaban J connectivity index is 0. The van der Waals surface area contributed by atoms with Crippen LogP contribution in [0.1, 0.15) is 6.42 Å². The number of hydrogen-bond donors (Lipinski definition) is 2. The maximum Gasteiger partial charge on any atom is 1.00 e. The monoisotopic (exact) mass is 234 g/mol. The van der Waals surface area contributed by atoms with Gasteiger partial charge in [-0.15, -0.1) is 6.58 Å². The first-order valence-corrected chi connectivity index (χ1v) is 4.61. The number of carboxylic acid groups (broad SMARTS) is 1. The summed E-state index contributed by atoms with van der Waals surface area (Å²) in [5, 5.41) is 22.2. The largest absolute Gasteiger partial charge is 1.00 e. The van der Waals surface area contributed by atoms with Crippen LogP contribution in [0.5, 0.6) is 0 Å². The minimum atomic E-state index is -1.15. The second-order valence-corrected chi connectivity index (χ2v) is 2.72. The van der Waals surface area contributed by atoms with Crippen LogP contribution in [-0.2, 0) is 4.79 Å². The van der Waals surface area contributed by atoms with Gasteiger partial charge in [-0.25, -0.2) is 4.79 Å². The molecule has 0 heterocycles. The summed E-state index contributed by atoms with van der Waals surface area (Å²) in [7, 11) is 0.